The fourth-order valence-corrected chi connectivity index (χ4v) is 0.657. The number of nitrogens with one attached hydrogen (secondary N) is 1. The molecule has 2 atom stereocenters. The lowest BCUT2D eigenvalue weighted by atomic mass is 10.1. The van der Waals surface area contributed by atoms with Crippen LogP contribution in [-0.4, -0.2) is 27.8 Å². The highest BCUT2D eigenvalue weighted by molar-refractivity contribution is 4.60. The molecule has 0 aliphatic rings. The summed E-state index contributed by atoms with van der Waals surface area (Å²) in [5, 5.41) is 25.9. The molecule has 0 spiro atoms. The number of rotatable bonds is 5. The molecule has 4 N–H and O–H groups in total. The van der Waals surface area contributed by atoms with Crippen LogP contribution in [-0.2, 0) is 0 Å². The Bertz CT molecular complexity index is 79.4. The first-order valence-electron chi connectivity index (χ1n) is 3.48. The van der Waals surface area contributed by atoms with Crippen LogP contribution in [0.2, 0.25) is 0 Å². The Morgan fingerprint density at radius 2 is 2.00 bits per heavy atom. The fraction of sp³-hybridized carbons (Fsp3) is 1.00. The number of aliphatic hydroxyl groups excluding tert-OH is 2. The summed E-state index contributed by atoms with van der Waals surface area (Å²) in [4.78, 5) is 0. The predicted molar refractivity (Wildman–Crippen MR) is 36.5 cm³/mol. The highest BCUT2D eigenvalue weighted by Crippen LogP contribution is 2.01. The van der Waals surface area contributed by atoms with Crippen LogP contribution in [0.4, 0.5) is 0 Å². The molecule has 0 fully saturated rings. The Morgan fingerprint density at radius 1 is 1.40 bits per heavy atom. The molecule has 0 saturated carbocycles. The second kappa shape index (κ2) is 5.61. The van der Waals surface area contributed by atoms with Gasteiger partial charge in [-0.05, 0) is 6.42 Å². The summed E-state index contributed by atoms with van der Waals surface area (Å²) >= 11 is 0. The lowest BCUT2D eigenvalue weighted by Crippen LogP contribution is -2.37. The number of hydroxylamine groups is 1. The van der Waals surface area contributed by atoms with E-state index in [0.29, 0.717) is 6.42 Å². The molecule has 0 aromatic heterocycles. The molecule has 0 radical (unpaired) electrons. The van der Waals surface area contributed by atoms with E-state index >= 15 is 0 Å². The summed E-state index contributed by atoms with van der Waals surface area (Å²) < 4.78 is 0. The molecule has 0 bridgehead atoms. The lowest BCUT2D eigenvalue weighted by Gasteiger charge is -2.14. The van der Waals surface area contributed by atoms with E-state index in [9.17, 15) is 0 Å². The van der Waals surface area contributed by atoms with Gasteiger partial charge >= 0.3 is 0 Å². The maximum Gasteiger partial charge on any atom is 0.152 e. The van der Waals surface area contributed by atoms with Gasteiger partial charge in [0, 0.05) is 0 Å². The first-order valence-corrected chi connectivity index (χ1v) is 3.48. The normalized spacial score (nSPS) is 16.8. The van der Waals surface area contributed by atoms with Gasteiger partial charge in [-0.25, -0.2) is 0 Å². The summed E-state index contributed by atoms with van der Waals surface area (Å²) in [6.07, 6.45) is 0.233. The van der Waals surface area contributed by atoms with Gasteiger partial charge in [0.15, 0.2) is 6.23 Å². The molecule has 62 valence electrons. The number of aliphatic hydroxyl groups is 2. The molecule has 0 saturated heterocycles. The van der Waals surface area contributed by atoms with Gasteiger partial charge in [-0.15, -0.1) is 0 Å². The van der Waals surface area contributed by atoms with Crippen LogP contribution in [0, 0.1) is 0 Å². The van der Waals surface area contributed by atoms with Crippen LogP contribution < -0.4 is 5.48 Å². The zero-order chi connectivity index (χ0) is 7.98. The second-order valence-electron chi connectivity index (χ2n) is 2.28. The molecular weight excluding hydrogens is 134 g/mol. The third-order valence-electron chi connectivity index (χ3n) is 1.35. The van der Waals surface area contributed by atoms with Crippen molar-refractivity contribution in [3.8, 4) is 0 Å². The van der Waals surface area contributed by atoms with E-state index in [1.165, 1.54) is 0 Å². The minimum Gasteiger partial charge on any atom is -0.389 e. The van der Waals surface area contributed by atoms with Gasteiger partial charge in [-0.1, -0.05) is 19.8 Å². The third kappa shape index (κ3) is 3.79. The van der Waals surface area contributed by atoms with Crippen molar-refractivity contribution in [1.29, 1.82) is 0 Å². The third-order valence-corrected chi connectivity index (χ3v) is 1.35. The van der Waals surface area contributed by atoms with Crippen LogP contribution in [0.25, 0.3) is 0 Å². The van der Waals surface area contributed by atoms with Gasteiger partial charge < -0.3 is 15.4 Å². The quantitative estimate of drug-likeness (QED) is 0.323. The first kappa shape index (κ1) is 9.84. The van der Waals surface area contributed by atoms with Crippen LogP contribution >= 0.6 is 0 Å². The maximum atomic E-state index is 8.98. The molecule has 10 heavy (non-hydrogen) atoms. The van der Waals surface area contributed by atoms with Gasteiger partial charge in [0.25, 0.3) is 0 Å². The van der Waals surface area contributed by atoms with Crippen molar-refractivity contribution in [3.63, 3.8) is 0 Å². The summed E-state index contributed by atoms with van der Waals surface area (Å²) in [5.74, 6) is 0. The molecule has 0 aliphatic heterocycles. The van der Waals surface area contributed by atoms with E-state index in [-0.39, 0.29) is 0 Å². The van der Waals surface area contributed by atoms with Crippen molar-refractivity contribution >= 4 is 0 Å². The molecule has 2 unspecified atom stereocenters. The molecule has 0 rings (SSSR count). The zero-order valence-electron chi connectivity index (χ0n) is 6.12. The van der Waals surface area contributed by atoms with Gasteiger partial charge in [-0.3, -0.25) is 0 Å². The first-order chi connectivity index (χ1) is 4.72. The Balaban J connectivity index is 3.31. The molecule has 0 heterocycles. The number of unbranched alkanes of at least 4 members (excludes halogenated alkanes) is 1. The van der Waals surface area contributed by atoms with Crippen molar-refractivity contribution in [2.75, 3.05) is 0 Å². The Morgan fingerprint density at radius 3 is 2.40 bits per heavy atom. The lowest BCUT2D eigenvalue weighted by molar-refractivity contribution is -0.0757. The predicted octanol–water partition coefficient (Wildman–Crippen LogP) is -0.165. The van der Waals surface area contributed by atoms with Crippen LogP contribution in [0.3, 0.4) is 0 Å². The number of hydrogen-bond acceptors (Lipinski definition) is 4. The van der Waals surface area contributed by atoms with E-state index in [1.54, 1.807) is 5.48 Å². The molecular formula is C6H15NO3. The van der Waals surface area contributed by atoms with Crippen molar-refractivity contribution in [2.45, 2.75) is 38.5 Å². The standard InChI is InChI=1S/C6H15NO3/c1-2-3-4-5(8)6(9)7-10/h5-10H,2-4H2,1H3. The van der Waals surface area contributed by atoms with Gasteiger partial charge in [0.05, 0.1) is 6.10 Å². The molecule has 0 amide bonds. The summed E-state index contributed by atoms with van der Waals surface area (Å²) in [6.45, 7) is 1.99. The second-order valence-corrected chi connectivity index (χ2v) is 2.28. The average Bonchev–Trinajstić information content (AvgIpc) is 1.98. The molecule has 4 heteroatoms. The van der Waals surface area contributed by atoms with E-state index in [4.69, 9.17) is 15.4 Å². The SMILES string of the molecule is CCCCC(O)C(O)NO. The molecule has 0 aromatic rings. The minimum absolute atomic E-state index is 0.505. The average molecular weight is 149 g/mol. The largest absolute Gasteiger partial charge is 0.389 e. The molecule has 0 aromatic carbocycles. The Hall–Kier alpha value is -0.160. The van der Waals surface area contributed by atoms with Crippen LogP contribution in [0.1, 0.15) is 26.2 Å². The van der Waals surface area contributed by atoms with Crippen molar-refractivity contribution in [3.05, 3.63) is 0 Å². The van der Waals surface area contributed by atoms with E-state index in [2.05, 4.69) is 0 Å². The van der Waals surface area contributed by atoms with Crippen LogP contribution in [0.15, 0.2) is 0 Å². The molecule has 0 aliphatic carbocycles. The van der Waals surface area contributed by atoms with Gasteiger partial charge in [0.1, 0.15) is 0 Å². The maximum absolute atomic E-state index is 8.98. The summed E-state index contributed by atoms with van der Waals surface area (Å²) in [6, 6.07) is 0. The molecule has 4 nitrogen and oxygen atoms in total. The van der Waals surface area contributed by atoms with Gasteiger partial charge in [-0.2, -0.15) is 5.48 Å². The van der Waals surface area contributed by atoms with E-state index < -0.39 is 12.3 Å². The summed E-state index contributed by atoms with van der Waals surface area (Å²) in [7, 11) is 0. The highest BCUT2D eigenvalue weighted by Gasteiger charge is 2.12. The van der Waals surface area contributed by atoms with Crippen molar-refractivity contribution in [1.82, 2.24) is 5.48 Å². The Kier molecular flexibility index (Phi) is 5.52. The smallest absolute Gasteiger partial charge is 0.152 e. The van der Waals surface area contributed by atoms with Gasteiger partial charge in [0.2, 0.25) is 0 Å². The van der Waals surface area contributed by atoms with Crippen LogP contribution in [0.5, 0.6) is 0 Å². The monoisotopic (exact) mass is 149 g/mol. The van der Waals surface area contributed by atoms with E-state index in [0.717, 1.165) is 12.8 Å². The Labute approximate surface area is 60.5 Å². The summed E-state index contributed by atoms with van der Waals surface area (Å²) in [5.41, 5.74) is 1.58. The van der Waals surface area contributed by atoms with Crippen molar-refractivity contribution < 1.29 is 15.4 Å². The fourth-order valence-electron chi connectivity index (χ4n) is 0.657. The van der Waals surface area contributed by atoms with Crippen molar-refractivity contribution in [2.24, 2.45) is 0 Å². The zero-order valence-corrected chi connectivity index (χ0v) is 6.12. The highest BCUT2D eigenvalue weighted by atomic mass is 16.5. The number of hydrogen-bond donors (Lipinski definition) is 4. The van der Waals surface area contributed by atoms with E-state index in [1.807, 2.05) is 6.92 Å². The minimum atomic E-state index is -1.22. The topological polar surface area (TPSA) is 72.7 Å².